The second kappa shape index (κ2) is 5.48. The average Bonchev–Trinajstić information content (AvgIpc) is 2.13. The van der Waals surface area contributed by atoms with Crippen molar-refractivity contribution in [1.82, 2.24) is 10.2 Å². The standard InChI is InChI=1S/C13H28N2O/c1-10(16)11-6-12(8-15(5)7-11)14-9-13(2,3)4/h10-12,14,16H,6-9H2,1-5H3. The Bertz CT molecular complexity index is 210. The third kappa shape index (κ3) is 4.81. The van der Waals surface area contributed by atoms with Gasteiger partial charge in [-0.15, -0.1) is 0 Å². The minimum atomic E-state index is -0.193. The van der Waals surface area contributed by atoms with E-state index in [4.69, 9.17) is 0 Å². The summed E-state index contributed by atoms with van der Waals surface area (Å²) in [6, 6.07) is 0.526. The predicted molar refractivity (Wildman–Crippen MR) is 68.5 cm³/mol. The number of likely N-dealkylation sites (N-methyl/N-ethyl adjacent to an activating group) is 1. The lowest BCUT2D eigenvalue weighted by molar-refractivity contribution is 0.0567. The topological polar surface area (TPSA) is 35.5 Å². The van der Waals surface area contributed by atoms with E-state index in [0.717, 1.165) is 26.1 Å². The van der Waals surface area contributed by atoms with Crippen molar-refractivity contribution >= 4 is 0 Å². The van der Waals surface area contributed by atoms with Gasteiger partial charge in [-0.05, 0) is 31.7 Å². The van der Waals surface area contributed by atoms with E-state index in [0.29, 0.717) is 17.4 Å². The summed E-state index contributed by atoms with van der Waals surface area (Å²) in [5.74, 6) is 0.413. The van der Waals surface area contributed by atoms with Gasteiger partial charge in [-0.1, -0.05) is 20.8 Å². The van der Waals surface area contributed by atoms with Crippen LogP contribution in [0.25, 0.3) is 0 Å². The second-order valence-corrected chi connectivity index (χ2v) is 6.60. The molecule has 16 heavy (non-hydrogen) atoms. The van der Waals surface area contributed by atoms with Gasteiger partial charge in [-0.3, -0.25) is 0 Å². The van der Waals surface area contributed by atoms with Gasteiger partial charge in [0.25, 0.3) is 0 Å². The Morgan fingerprint density at radius 1 is 1.38 bits per heavy atom. The SMILES string of the molecule is CC(O)C1CC(NCC(C)(C)C)CN(C)C1. The first-order valence-corrected chi connectivity index (χ1v) is 6.38. The zero-order valence-corrected chi connectivity index (χ0v) is 11.5. The molecule has 1 rings (SSSR count). The molecular formula is C13H28N2O. The molecule has 0 aromatic carbocycles. The highest BCUT2D eigenvalue weighted by Gasteiger charge is 2.28. The van der Waals surface area contributed by atoms with E-state index in [1.165, 1.54) is 0 Å². The van der Waals surface area contributed by atoms with Gasteiger partial charge in [-0.2, -0.15) is 0 Å². The molecule has 3 nitrogen and oxygen atoms in total. The summed E-state index contributed by atoms with van der Waals surface area (Å²) in [4.78, 5) is 2.32. The smallest absolute Gasteiger partial charge is 0.0553 e. The summed E-state index contributed by atoms with van der Waals surface area (Å²) in [6.45, 7) is 11.8. The maximum atomic E-state index is 9.69. The van der Waals surface area contributed by atoms with Crippen LogP contribution in [-0.2, 0) is 0 Å². The van der Waals surface area contributed by atoms with Crippen LogP contribution >= 0.6 is 0 Å². The molecule has 2 N–H and O–H groups in total. The highest BCUT2D eigenvalue weighted by Crippen LogP contribution is 2.20. The molecule has 1 fully saturated rings. The van der Waals surface area contributed by atoms with Crippen molar-refractivity contribution in [1.29, 1.82) is 0 Å². The number of hydrogen-bond acceptors (Lipinski definition) is 3. The molecule has 1 saturated heterocycles. The molecule has 0 bridgehead atoms. The van der Waals surface area contributed by atoms with Gasteiger partial charge in [0.2, 0.25) is 0 Å². The second-order valence-electron chi connectivity index (χ2n) is 6.60. The molecule has 0 saturated carbocycles. The Morgan fingerprint density at radius 3 is 2.50 bits per heavy atom. The van der Waals surface area contributed by atoms with Crippen LogP contribution in [0.2, 0.25) is 0 Å². The van der Waals surface area contributed by atoms with Crippen molar-refractivity contribution < 1.29 is 5.11 Å². The summed E-state index contributed by atoms with van der Waals surface area (Å²) in [5, 5.41) is 13.3. The zero-order valence-electron chi connectivity index (χ0n) is 11.5. The number of nitrogens with zero attached hydrogens (tertiary/aromatic N) is 1. The summed E-state index contributed by atoms with van der Waals surface area (Å²) in [5.41, 5.74) is 0.330. The van der Waals surface area contributed by atoms with Crippen molar-refractivity contribution in [2.45, 2.75) is 46.3 Å². The first-order valence-electron chi connectivity index (χ1n) is 6.38. The normalized spacial score (nSPS) is 30.4. The fourth-order valence-electron chi connectivity index (χ4n) is 2.31. The van der Waals surface area contributed by atoms with Gasteiger partial charge < -0.3 is 15.3 Å². The molecule has 1 heterocycles. The largest absolute Gasteiger partial charge is 0.393 e. The Balaban J connectivity index is 2.42. The molecule has 3 atom stereocenters. The maximum absolute atomic E-state index is 9.69. The maximum Gasteiger partial charge on any atom is 0.0553 e. The molecule has 0 aromatic heterocycles. The van der Waals surface area contributed by atoms with Crippen molar-refractivity contribution in [3.05, 3.63) is 0 Å². The number of aliphatic hydroxyl groups is 1. The predicted octanol–water partition coefficient (Wildman–Crippen LogP) is 1.32. The zero-order chi connectivity index (χ0) is 12.3. The minimum absolute atomic E-state index is 0.193. The van der Waals surface area contributed by atoms with Crippen LogP contribution in [0, 0.1) is 11.3 Å². The molecule has 0 aliphatic carbocycles. The molecule has 1 aliphatic heterocycles. The molecule has 0 spiro atoms. The highest BCUT2D eigenvalue weighted by atomic mass is 16.3. The molecule has 0 amide bonds. The van der Waals surface area contributed by atoms with E-state index in [1.807, 2.05) is 6.92 Å². The molecular weight excluding hydrogens is 200 g/mol. The summed E-state index contributed by atoms with van der Waals surface area (Å²) < 4.78 is 0. The summed E-state index contributed by atoms with van der Waals surface area (Å²) in [7, 11) is 2.14. The van der Waals surface area contributed by atoms with Crippen LogP contribution in [-0.4, -0.2) is 48.8 Å². The van der Waals surface area contributed by atoms with Crippen LogP contribution in [0.5, 0.6) is 0 Å². The molecule has 96 valence electrons. The molecule has 0 aromatic rings. The minimum Gasteiger partial charge on any atom is -0.393 e. The van der Waals surface area contributed by atoms with E-state index in [2.05, 4.69) is 38.0 Å². The lowest BCUT2D eigenvalue weighted by Crippen LogP contribution is -2.51. The van der Waals surface area contributed by atoms with E-state index in [-0.39, 0.29) is 6.10 Å². The molecule has 0 radical (unpaired) electrons. The van der Waals surface area contributed by atoms with Crippen molar-refractivity contribution in [2.75, 3.05) is 26.7 Å². The van der Waals surface area contributed by atoms with Gasteiger partial charge in [-0.25, -0.2) is 0 Å². The van der Waals surface area contributed by atoms with Gasteiger partial charge in [0, 0.05) is 25.7 Å². The van der Waals surface area contributed by atoms with Crippen LogP contribution in [0.4, 0.5) is 0 Å². The van der Waals surface area contributed by atoms with Crippen LogP contribution in [0.3, 0.4) is 0 Å². The Morgan fingerprint density at radius 2 is 2.00 bits per heavy atom. The van der Waals surface area contributed by atoms with E-state index >= 15 is 0 Å². The quantitative estimate of drug-likeness (QED) is 0.765. The first kappa shape index (κ1) is 13.9. The number of nitrogens with one attached hydrogen (secondary N) is 1. The highest BCUT2D eigenvalue weighted by molar-refractivity contribution is 4.85. The number of piperidine rings is 1. The summed E-state index contributed by atoms with van der Waals surface area (Å²) >= 11 is 0. The molecule has 3 unspecified atom stereocenters. The lowest BCUT2D eigenvalue weighted by atomic mass is 9.89. The molecule has 3 heteroatoms. The number of hydrogen-bond donors (Lipinski definition) is 2. The Labute approximate surface area is 100 Å². The third-order valence-corrected chi connectivity index (χ3v) is 3.27. The monoisotopic (exact) mass is 228 g/mol. The van der Waals surface area contributed by atoms with Crippen LogP contribution in [0.1, 0.15) is 34.1 Å². The average molecular weight is 228 g/mol. The number of aliphatic hydroxyl groups excluding tert-OH is 1. The number of rotatable bonds is 3. The third-order valence-electron chi connectivity index (χ3n) is 3.27. The Hall–Kier alpha value is -0.120. The van der Waals surface area contributed by atoms with Crippen LogP contribution < -0.4 is 5.32 Å². The number of likely N-dealkylation sites (tertiary alicyclic amines) is 1. The fraction of sp³-hybridized carbons (Fsp3) is 1.00. The summed E-state index contributed by atoms with van der Waals surface area (Å²) in [6.07, 6.45) is 0.902. The van der Waals surface area contributed by atoms with Crippen molar-refractivity contribution in [2.24, 2.45) is 11.3 Å². The fourth-order valence-corrected chi connectivity index (χ4v) is 2.31. The van der Waals surface area contributed by atoms with Gasteiger partial charge >= 0.3 is 0 Å². The van der Waals surface area contributed by atoms with Gasteiger partial charge in [0.15, 0.2) is 0 Å². The first-order chi connectivity index (χ1) is 7.28. The van der Waals surface area contributed by atoms with E-state index in [1.54, 1.807) is 0 Å². The van der Waals surface area contributed by atoms with Gasteiger partial charge in [0.05, 0.1) is 6.10 Å². The van der Waals surface area contributed by atoms with Crippen LogP contribution in [0.15, 0.2) is 0 Å². The lowest BCUT2D eigenvalue weighted by Gasteiger charge is -2.38. The molecule has 1 aliphatic rings. The van der Waals surface area contributed by atoms with Crippen molar-refractivity contribution in [3.8, 4) is 0 Å². The van der Waals surface area contributed by atoms with Gasteiger partial charge in [0.1, 0.15) is 0 Å². The van der Waals surface area contributed by atoms with Crippen molar-refractivity contribution in [3.63, 3.8) is 0 Å². The van der Waals surface area contributed by atoms with E-state index < -0.39 is 0 Å². The Kier molecular flexibility index (Phi) is 4.77. The van der Waals surface area contributed by atoms with E-state index in [9.17, 15) is 5.11 Å².